The number of benzene rings is 1. The number of hydrogen-bond acceptors (Lipinski definition) is 4. The molecular formula is C17H20F6N4. The van der Waals surface area contributed by atoms with E-state index < -0.39 is 35.4 Å². The van der Waals surface area contributed by atoms with Crippen LogP contribution in [0, 0.1) is 0 Å². The second kappa shape index (κ2) is 6.59. The van der Waals surface area contributed by atoms with Gasteiger partial charge in [0.25, 0.3) is 0 Å². The molecule has 2 aliphatic rings. The first-order chi connectivity index (χ1) is 12.4. The van der Waals surface area contributed by atoms with Crippen LogP contribution < -0.4 is 16.3 Å². The summed E-state index contributed by atoms with van der Waals surface area (Å²) in [5.74, 6) is 0. The van der Waals surface area contributed by atoms with E-state index in [2.05, 4.69) is 16.3 Å². The average molecular weight is 394 g/mol. The highest BCUT2D eigenvalue weighted by Crippen LogP contribution is 2.50. The van der Waals surface area contributed by atoms with E-state index in [4.69, 9.17) is 0 Å². The number of alkyl halides is 6. The third kappa shape index (κ3) is 3.73. The van der Waals surface area contributed by atoms with Crippen molar-refractivity contribution in [2.24, 2.45) is 0 Å². The molecule has 1 saturated heterocycles. The van der Waals surface area contributed by atoms with Crippen molar-refractivity contribution in [1.29, 1.82) is 0 Å². The number of rotatable bonds is 2. The highest BCUT2D eigenvalue weighted by Gasteiger charge is 2.59. The molecule has 0 aromatic heterocycles. The summed E-state index contributed by atoms with van der Waals surface area (Å²) in [6, 6.07) is 2.22. The van der Waals surface area contributed by atoms with E-state index in [1.807, 2.05) is 0 Å². The van der Waals surface area contributed by atoms with Crippen molar-refractivity contribution in [2.75, 3.05) is 7.05 Å². The van der Waals surface area contributed by atoms with Gasteiger partial charge in [0.15, 0.2) is 0 Å². The number of piperidine rings is 1. The SMILES string of the molecule is C[C@H]1C[C@](c2ccc(C(F)(F)F)cc2)(C(F)(F)F)C[C@@H](C2=CN(C)NN2)N1. The van der Waals surface area contributed by atoms with Crippen LogP contribution in [0.5, 0.6) is 0 Å². The zero-order valence-electron chi connectivity index (χ0n) is 14.7. The van der Waals surface area contributed by atoms with E-state index in [1.165, 1.54) is 0 Å². The first-order valence-electron chi connectivity index (χ1n) is 8.39. The highest BCUT2D eigenvalue weighted by atomic mass is 19.4. The average Bonchev–Trinajstić information content (AvgIpc) is 2.99. The Morgan fingerprint density at radius 3 is 2.15 bits per heavy atom. The Hall–Kier alpha value is -1.94. The maximum Gasteiger partial charge on any atom is 0.416 e. The lowest BCUT2D eigenvalue weighted by molar-refractivity contribution is -0.203. The van der Waals surface area contributed by atoms with Gasteiger partial charge in [0.05, 0.1) is 22.7 Å². The molecule has 150 valence electrons. The van der Waals surface area contributed by atoms with Crippen molar-refractivity contribution in [3.63, 3.8) is 0 Å². The summed E-state index contributed by atoms with van der Waals surface area (Å²) < 4.78 is 81.0. The van der Waals surface area contributed by atoms with Crippen LogP contribution in [0.15, 0.2) is 36.2 Å². The van der Waals surface area contributed by atoms with E-state index in [0.29, 0.717) is 17.8 Å². The van der Waals surface area contributed by atoms with Crippen molar-refractivity contribution in [3.05, 3.63) is 47.3 Å². The zero-order valence-corrected chi connectivity index (χ0v) is 14.7. The Morgan fingerprint density at radius 1 is 1.04 bits per heavy atom. The normalized spacial score (nSPS) is 29.5. The van der Waals surface area contributed by atoms with E-state index in [9.17, 15) is 26.3 Å². The van der Waals surface area contributed by atoms with Gasteiger partial charge in [-0.1, -0.05) is 12.1 Å². The van der Waals surface area contributed by atoms with E-state index >= 15 is 0 Å². The van der Waals surface area contributed by atoms with Crippen LogP contribution >= 0.6 is 0 Å². The number of nitrogens with one attached hydrogen (secondary N) is 3. The number of hydrogen-bond donors (Lipinski definition) is 3. The summed E-state index contributed by atoms with van der Waals surface area (Å²) in [6.07, 6.45) is -8.14. The molecule has 2 heterocycles. The van der Waals surface area contributed by atoms with Gasteiger partial charge in [-0.3, -0.25) is 5.01 Å². The van der Waals surface area contributed by atoms with Crippen molar-refractivity contribution in [1.82, 2.24) is 21.3 Å². The Bertz CT molecular complexity index is 712. The predicted octanol–water partition coefficient (Wildman–Crippen LogP) is 3.44. The summed E-state index contributed by atoms with van der Waals surface area (Å²) in [6.45, 7) is 1.64. The molecule has 27 heavy (non-hydrogen) atoms. The molecule has 3 N–H and O–H groups in total. The molecule has 0 saturated carbocycles. The van der Waals surface area contributed by atoms with Gasteiger partial charge >= 0.3 is 12.4 Å². The van der Waals surface area contributed by atoms with Gasteiger partial charge < -0.3 is 10.7 Å². The van der Waals surface area contributed by atoms with Crippen LogP contribution in [0.3, 0.4) is 0 Å². The maximum absolute atomic E-state index is 14.2. The van der Waals surface area contributed by atoms with Gasteiger partial charge in [-0.25, -0.2) is 0 Å². The van der Waals surface area contributed by atoms with E-state index in [-0.39, 0.29) is 18.4 Å². The topological polar surface area (TPSA) is 39.3 Å². The molecule has 0 amide bonds. The van der Waals surface area contributed by atoms with Gasteiger partial charge in [0.2, 0.25) is 0 Å². The molecule has 1 aromatic carbocycles. The minimum atomic E-state index is -4.61. The standard InChI is InChI=1S/C17H20F6N4/c1-10-7-15(17(21,22)23,8-13(24-10)14-9-27(2)26-25-14)11-3-5-12(6-4-11)16(18,19)20/h3-6,9-10,13,24-26H,7-8H2,1-2H3/t10-,13-,15-/m0/s1. The molecule has 0 bridgehead atoms. The molecule has 0 spiro atoms. The molecule has 3 rings (SSSR count). The second-order valence-corrected chi connectivity index (χ2v) is 7.12. The lowest BCUT2D eigenvalue weighted by Gasteiger charge is -2.46. The molecule has 0 aliphatic carbocycles. The fraction of sp³-hybridized carbons (Fsp3) is 0.529. The summed E-state index contributed by atoms with van der Waals surface area (Å²) in [5.41, 5.74) is 2.77. The Morgan fingerprint density at radius 2 is 1.67 bits per heavy atom. The van der Waals surface area contributed by atoms with Gasteiger partial charge in [-0.05, 0) is 37.5 Å². The molecule has 3 atom stereocenters. The van der Waals surface area contributed by atoms with Gasteiger partial charge in [-0.2, -0.15) is 26.3 Å². The van der Waals surface area contributed by atoms with Gasteiger partial charge in [-0.15, -0.1) is 5.53 Å². The monoisotopic (exact) mass is 394 g/mol. The maximum atomic E-state index is 14.2. The van der Waals surface area contributed by atoms with Crippen LogP contribution in [0.2, 0.25) is 0 Å². The summed E-state index contributed by atoms with van der Waals surface area (Å²) in [4.78, 5) is 0. The van der Waals surface area contributed by atoms with Crippen molar-refractivity contribution in [3.8, 4) is 0 Å². The molecule has 10 heteroatoms. The molecule has 2 aliphatic heterocycles. The van der Waals surface area contributed by atoms with Gasteiger partial charge in [0, 0.05) is 19.3 Å². The lowest BCUT2D eigenvalue weighted by atomic mass is 9.67. The third-order valence-corrected chi connectivity index (χ3v) is 5.09. The van der Waals surface area contributed by atoms with Crippen LogP contribution in [-0.4, -0.2) is 30.3 Å². The molecular weight excluding hydrogens is 374 g/mol. The van der Waals surface area contributed by atoms with Crippen molar-refractivity contribution in [2.45, 2.75) is 49.6 Å². The first-order valence-corrected chi connectivity index (χ1v) is 8.39. The molecule has 1 aromatic rings. The minimum absolute atomic E-state index is 0.152. The molecule has 1 fully saturated rings. The largest absolute Gasteiger partial charge is 0.416 e. The van der Waals surface area contributed by atoms with Crippen LogP contribution in [0.1, 0.15) is 30.9 Å². The zero-order chi connectivity index (χ0) is 20.0. The third-order valence-electron chi connectivity index (χ3n) is 5.09. The molecule has 4 nitrogen and oxygen atoms in total. The number of hydrazine groups is 2. The smallest absolute Gasteiger partial charge is 0.306 e. The Kier molecular flexibility index (Phi) is 4.84. The van der Waals surface area contributed by atoms with Crippen LogP contribution in [0.25, 0.3) is 0 Å². The van der Waals surface area contributed by atoms with Crippen molar-refractivity contribution < 1.29 is 26.3 Å². The first kappa shape index (κ1) is 19.8. The lowest BCUT2D eigenvalue weighted by Crippen LogP contribution is -2.58. The quantitative estimate of drug-likeness (QED) is 0.672. The summed E-state index contributed by atoms with van der Waals surface area (Å²) in [5, 5.41) is 4.71. The van der Waals surface area contributed by atoms with Crippen LogP contribution in [-0.2, 0) is 11.6 Å². The van der Waals surface area contributed by atoms with E-state index in [0.717, 1.165) is 12.1 Å². The minimum Gasteiger partial charge on any atom is -0.306 e. The number of halogens is 6. The number of nitrogens with zero attached hydrogens (tertiary/aromatic N) is 1. The predicted molar refractivity (Wildman–Crippen MR) is 86.9 cm³/mol. The van der Waals surface area contributed by atoms with Gasteiger partial charge in [0.1, 0.15) is 0 Å². The summed E-state index contributed by atoms with van der Waals surface area (Å²) in [7, 11) is 1.69. The van der Waals surface area contributed by atoms with Crippen molar-refractivity contribution >= 4 is 0 Å². The Balaban J connectivity index is 2.01. The fourth-order valence-corrected chi connectivity index (χ4v) is 3.83. The fourth-order valence-electron chi connectivity index (χ4n) is 3.83. The Labute approximate surface area is 152 Å². The van der Waals surface area contributed by atoms with Crippen LogP contribution in [0.4, 0.5) is 26.3 Å². The highest BCUT2D eigenvalue weighted by molar-refractivity contribution is 5.35. The van der Waals surface area contributed by atoms with E-state index in [1.54, 1.807) is 25.2 Å². The second-order valence-electron chi connectivity index (χ2n) is 7.12. The molecule has 0 radical (unpaired) electrons. The summed E-state index contributed by atoms with van der Waals surface area (Å²) >= 11 is 0. The molecule has 0 unspecified atom stereocenters.